The van der Waals surface area contributed by atoms with E-state index in [-0.39, 0.29) is 35.2 Å². The molecule has 4 aromatic rings. The summed E-state index contributed by atoms with van der Waals surface area (Å²) in [7, 11) is 0. The second-order valence-electron chi connectivity index (χ2n) is 9.53. The molecule has 11 heteroatoms. The van der Waals surface area contributed by atoms with Crippen molar-refractivity contribution in [3.63, 3.8) is 0 Å². The van der Waals surface area contributed by atoms with Gasteiger partial charge in [0.25, 0.3) is 23.4 Å². The number of carbonyl (C=O) groups is 3. The molecule has 0 unspecified atom stereocenters. The van der Waals surface area contributed by atoms with Crippen LogP contribution in [-0.2, 0) is 0 Å². The number of non-ortho nitro benzene ring substituents is 1. The van der Waals surface area contributed by atoms with E-state index in [1.165, 1.54) is 34.1 Å². The van der Waals surface area contributed by atoms with Crippen LogP contribution in [0.25, 0.3) is 21.7 Å². The minimum Gasteiger partial charge on any atom is -0.422 e. The summed E-state index contributed by atoms with van der Waals surface area (Å²) in [6, 6.07) is 16.0. The van der Waals surface area contributed by atoms with Gasteiger partial charge in [0.05, 0.1) is 4.92 Å². The molecule has 1 fully saturated rings. The molecule has 3 amide bonds. The van der Waals surface area contributed by atoms with Crippen LogP contribution in [0.3, 0.4) is 0 Å². The van der Waals surface area contributed by atoms with Gasteiger partial charge in [0.2, 0.25) is 0 Å². The summed E-state index contributed by atoms with van der Waals surface area (Å²) >= 11 is 0. The summed E-state index contributed by atoms with van der Waals surface area (Å²) in [4.78, 5) is 67.2. The van der Waals surface area contributed by atoms with Gasteiger partial charge in [-0.2, -0.15) is 0 Å². The zero-order chi connectivity index (χ0) is 27.3. The van der Waals surface area contributed by atoms with Gasteiger partial charge in [0.1, 0.15) is 11.1 Å². The summed E-state index contributed by atoms with van der Waals surface area (Å²) in [5, 5.41) is 12.9. The third-order valence-corrected chi connectivity index (χ3v) is 7.31. The fraction of sp³-hybridized carbons (Fsp3) is 0.214. The Kier molecular flexibility index (Phi) is 5.92. The number of nitrogens with zero attached hydrogens (tertiary/aromatic N) is 4. The number of nitro groups is 1. The van der Waals surface area contributed by atoms with Crippen LogP contribution in [0.5, 0.6) is 0 Å². The molecular weight excluding hydrogens is 504 g/mol. The van der Waals surface area contributed by atoms with E-state index in [1.54, 1.807) is 24.3 Å². The van der Waals surface area contributed by atoms with Crippen molar-refractivity contribution < 1.29 is 23.7 Å². The van der Waals surface area contributed by atoms with Gasteiger partial charge in [0.15, 0.2) is 0 Å². The van der Waals surface area contributed by atoms with E-state index >= 15 is 0 Å². The SMILES string of the molecule is O=C(c1cc2cc([N+](=O)[O-])ccc2oc1=O)N1CCN(CCN2C(=O)c3cccc4cccc(c34)C2=O)CC1. The number of amides is 3. The third kappa shape index (κ3) is 4.22. The first-order valence-electron chi connectivity index (χ1n) is 12.4. The quantitative estimate of drug-likeness (QED) is 0.168. The molecular formula is C28H22N4O7. The van der Waals surface area contributed by atoms with Crippen molar-refractivity contribution in [2.75, 3.05) is 39.3 Å². The number of fused-ring (bicyclic) bond motifs is 1. The van der Waals surface area contributed by atoms with Crippen LogP contribution in [-0.4, -0.2) is 76.6 Å². The fourth-order valence-electron chi connectivity index (χ4n) is 5.24. The highest BCUT2D eigenvalue weighted by Gasteiger charge is 2.33. The van der Waals surface area contributed by atoms with Crippen LogP contribution in [0, 0.1) is 10.1 Å². The highest BCUT2D eigenvalue weighted by atomic mass is 16.6. The standard InChI is InChI=1S/C28H22N4O7/c33-25(22-16-18-15-19(32(37)38)7-8-23(18)39-28(22)36)30-12-9-29(10-13-30)11-14-31-26(34)20-5-1-3-17-4-2-6-21(24(17)20)27(31)35/h1-8,15-16H,9-14H2. The Morgan fingerprint density at radius 1 is 0.846 bits per heavy atom. The van der Waals surface area contributed by atoms with Crippen LogP contribution in [0.1, 0.15) is 31.1 Å². The number of imide groups is 1. The zero-order valence-corrected chi connectivity index (χ0v) is 20.7. The Hall–Kier alpha value is -4.90. The van der Waals surface area contributed by atoms with Crippen LogP contribution in [0.2, 0.25) is 0 Å². The van der Waals surface area contributed by atoms with Crippen molar-refractivity contribution in [1.29, 1.82) is 0 Å². The summed E-state index contributed by atoms with van der Waals surface area (Å²) < 4.78 is 5.23. The normalized spacial score (nSPS) is 15.8. The van der Waals surface area contributed by atoms with Crippen molar-refractivity contribution in [3.05, 3.63) is 97.9 Å². The molecule has 0 bridgehead atoms. The van der Waals surface area contributed by atoms with E-state index in [4.69, 9.17) is 4.42 Å². The van der Waals surface area contributed by atoms with Crippen molar-refractivity contribution in [2.45, 2.75) is 0 Å². The monoisotopic (exact) mass is 526 g/mol. The maximum absolute atomic E-state index is 13.1. The predicted molar refractivity (Wildman–Crippen MR) is 141 cm³/mol. The Morgan fingerprint density at radius 3 is 2.15 bits per heavy atom. The first kappa shape index (κ1) is 24.4. The molecule has 2 aliphatic heterocycles. The average molecular weight is 527 g/mol. The van der Waals surface area contributed by atoms with Gasteiger partial charge in [-0.1, -0.05) is 24.3 Å². The van der Waals surface area contributed by atoms with Gasteiger partial charge >= 0.3 is 5.63 Å². The van der Waals surface area contributed by atoms with Crippen molar-refractivity contribution >= 4 is 45.2 Å². The van der Waals surface area contributed by atoms with E-state index in [2.05, 4.69) is 4.90 Å². The Labute approximate surface area is 221 Å². The molecule has 0 atom stereocenters. The molecule has 39 heavy (non-hydrogen) atoms. The van der Waals surface area contributed by atoms with Gasteiger partial charge in [0, 0.05) is 73.3 Å². The molecule has 6 rings (SSSR count). The number of hydrogen-bond donors (Lipinski definition) is 0. The molecule has 0 aliphatic carbocycles. The molecule has 0 spiro atoms. The lowest BCUT2D eigenvalue weighted by Gasteiger charge is -2.36. The molecule has 0 saturated carbocycles. The molecule has 0 radical (unpaired) electrons. The molecule has 0 N–H and O–H groups in total. The number of benzene rings is 3. The van der Waals surface area contributed by atoms with Crippen molar-refractivity contribution in [3.8, 4) is 0 Å². The molecule has 1 saturated heterocycles. The average Bonchev–Trinajstić information content (AvgIpc) is 2.95. The Balaban J connectivity index is 1.11. The fourth-order valence-corrected chi connectivity index (χ4v) is 5.24. The number of hydrogen-bond acceptors (Lipinski definition) is 8. The van der Waals surface area contributed by atoms with Crippen molar-refractivity contribution in [2.24, 2.45) is 0 Å². The first-order valence-corrected chi connectivity index (χ1v) is 12.4. The summed E-state index contributed by atoms with van der Waals surface area (Å²) in [5.41, 5.74) is 0.0205. The lowest BCUT2D eigenvalue weighted by atomic mass is 9.94. The smallest absolute Gasteiger partial charge is 0.349 e. The largest absolute Gasteiger partial charge is 0.422 e. The minimum absolute atomic E-state index is 0.160. The van der Waals surface area contributed by atoms with Gasteiger partial charge < -0.3 is 9.32 Å². The van der Waals surface area contributed by atoms with Crippen LogP contribution in [0.15, 0.2) is 69.9 Å². The number of carbonyl (C=O) groups excluding carboxylic acids is 3. The van der Waals surface area contributed by atoms with Crippen molar-refractivity contribution in [1.82, 2.24) is 14.7 Å². The molecule has 1 aromatic heterocycles. The predicted octanol–water partition coefficient (Wildman–Crippen LogP) is 2.91. The second kappa shape index (κ2) is 9.44. The summed E-state index contributed by atoms with van der Waals surface area (Å²) in [6.07, 6.45) is 0. The van der Waals surface area contributed by atoms with Crippen LogP contribution in [0.4, 0.5) is 5.69 Å². The topological polar surface area (TPSA) is 134 Å². The second-order valence-corrected chi connectivity index (χ2v) is 9.53. The lowest BCUT2D eigenvalue weighted by Crippen LogP contribution is -2.52. The highest BCUT2D eigenvalue weighted by Crippen LogP contribution is 2.30. The molecule has 2 aliphatic rings. The van der Waals surface area contributed by atoms with Gasteiger partial charge in [-0.25, -0.2) is 4.79 Å². The highest BCUT2D eigenvalue weighted by molar-refractivity contribution is 6.25. The summed E-state index contributed by atoms with van der Waals surface area (Å²) in [5.74, 6) is -1.15. The van der Waals surface area contributed by atoms with E-state index in [1.807, 2.05) is 12.1 Å². The number of rotatable bonds is 5. The van der Waals surface area contributed by atoms with E-state index < -0.39 is 16.5 Å². The molecule has 3 aromatic carbocycles. The number of piperazine rings is 1. The van der Waals surface area contributed by atoms with Gasteiger partial charge in [-0.05, 0) is 29.7 Å². The molecule has 196 valence electrons. The van der Waals surface area contributed by atoms with Gasteiger partial charge in [-0.15, -0.1) is 0 Å². The van der Waals surface area contributed by atoms with E-state index in [0.717, 1.165) is 5.39 Å². The summed E-state index contributed by atoms with van der Waals surface area (Å²) in [6.45, 7) is 2.28. The number of nitro benzene ring substituents is 1. The maximum atomic E-state index is 13.1. The molecule has 3 heterocycles. The Morgan fingerprint density at radius 2 is 1.51 bits per heavy atom. The third-order valence-electron chi connectivity index (χ3n) is 7.31. The van der Waals surface area contributed by atoms with Crippen LogP contribution >= 0.6 is 0 Å². The van der Waals surface area contributed by atoms with E-state index in [9.17, 15) is 29.3 Å². The van der Waals surface area contributed by atoms with Gasteiger partial charge in [-0.3, -0.25) is 34.3 Å². The maximum Gasteiger partial charge on any atom is 0.349 e. The van der Waals surface area contributed by atoms with Crippen LogP contribution < -0.4 is 5.63 Å². The zero-order valence-electron chi connectivity index (χ0n) is 20.7. The minimum atomic E-state index is -0.804. The van der Waals surface area contributed by atoms with E-state index in [0.29, 0.717) is 54.6 Å². The molecule has 11 nitrogen and oxygen atoms in total. The lowest BCUT2D eigenvalue weighted by molar-refractivity contribution is -0.384. The Bertz CT molecular complexity index is 1700. The first-order chi connectivity index (χ1) is 18.8.